The molecule has 0 bridgehead atoms. The van der Waals surface area contributed by atoms with Crippen molar-refractivity contribution in [2.45, 2.75) is 6.54 Å². The lowest BCUT2D eigenvalue weighted by Gasteiger charge is -2.10. The van der Waals surface area contributed by atoms with Crippen molar-refractivity contribution in [1.29, 1.82) is 0 Å². The van der Waals surface area contributed by atoms with Gasteiger partial charge in [-0.2, -0.15) is 4.98 Å². The molecule has 2 aromatic carbocycles. The van der Waals surface area contributed by atoms with Gasteiger partial charge in [0.2, 0.25) is 0 Å². The number of aryl methyl sites for hydroxylation is 1. The van der Waals surface area contributed by atoms with Gasteiger partial charge >= 0.3 is 17.7 Å². The molecule has 4 aromatic rings. The first-order valence-electron chi connectivity index (χ1n) is 9.47. The van der Waals surface area contributed by atoms with Gasteiger partial charge in [0.15, 0.2) is 11.2 Å². The third-order valence-electron chi connectivity index (χ3n) is 4.98. The first-order valence-corrected chi connectivity index (χ1v) is 9.47. The summed E-state index contributed by atoms with van der Waals surface area (Å²) in [5.74, 6) is -0.0412. The number of fused-ring (bicyclic) bond motifs is 1. The molecule has 0 aliphatic carbocycles. The highest BCUT2D eigenvalue weighted by Gasteiger charge is 2.21. The molecule has 0 fully saturated rings. The number of hydrogen-bond acceptors (Lipinski definition) is 6. The number of hydrogen-bond donors (Lipinski definition) is 0. The molecule has 0 atom stereocenters. The summed E-state index contributed by atoms with van der Waals surface area (Å²) < 4.78 is 14.7. The van der Waals surface area contributed by atoms with Gasteiger partial charge in [-0.15, -0.1) is 0 Å². The van der Waals surface area contributed by atoms with Gasteiger partial charge in [0.1, 0.15) is 5.75 Å². The number of carbonyl (C=O) groups is 1. The Balaban J connectivity index is 1.85. The average Bonchev–Trinajstić information content (AvgIpc) is 3.14. The Kier molecular flexibility index (Phi) is 5.16. The Morgan fingerprint density at radius 3 is 2.29 bits per heavy atom. The van der Waals surface area contributed by atoms with Crippen molar-refractivity contribution in [3.8, 4) is 11.8 Å². The average molecular weight is 420 g/mol. The minimum Gasteiger partial charge on any atom is -0.465 e. The smallest absolute Gasteiger partial charge is 0.337 e. The molecule has 0 unspecified atom stereocenters. The highest BCUT2D eigenvalue weighted by atomic mass is 16.5. The molecular weight excluding hydrogens is 400 g/mol. The summed E-state index contributed by atoms with van der Waals surface area (Å²) in [5.41, 5.74) is 0.862. The van der Waals surface area contributed by atoms with E-state index in [0.717, 1.165) is 10.1 Å². The topological polar surface area (TPSA) is 97.4 Å². The van der Waals surface area contributed by atoms with Crippen LogP contribution in [0.15, 0.2) is 64.2 Å². The minimum absolute atomic E-state index is 0.156. The van der Waals surface area contributed by atoms with E-state index < -0.39 is 17.2 Å². The number of carbonyl (C=O) groups excluding carboxylic acids is 1. The summed E-state index contributed by atoms with van der Waals surface area (Å²) in [5, 5.41) is 0. The number of ether oxygens (including phenoxy) is 2. The second-order valence-electron chi connectivity index (χ2n) is 6.96. The maximum atomic E-state index is 12.9. The summed E-state index contributed by atoms with van der Waals surface area (Å²) >= 11 is 0. The van der Waals surface area contributed by atoms with Gasteiger partial charge in [0.25, 0.3) is 5.56 Å². The molecule has 2 aromatic heterocycles. The van der Waals surface area contributed by atoms with Gasteiger partial charge < -0.3 is 9.47 Å². The van der Waals surface area contributed by atoms with E-state index in [1.54, 1.807) is 35.9 Å². The largest absolute Gasteiger partial charge is 0.465 e. The SMILES string of the molecule is COC(=O)c1ccc(Oc2nc3c(c(=O)n(C)c(=O)n3C)n2Cc2ccccc2)cc1. The van der Waals surface area contributed by atoms with E-state index in [0.29, 0.717) is 17.9 Å². The molecule has 0 saturated heterocycles. The molecular formula is C22H20N4O5. The molecule has 4 rings (SSSR count). The van der Waals surface area contributed by atoms with E-state index in [-0.39, 0.29) is 17.2 Å². The fourth-order valence-electron chi connectivity index (χ4n) is 3.30. The van der Waals surface area contributed by atoms with Crippen molar-refractivity contribution in [3.05, 3.63) is 86.6 Å². The Morgan fingerprint density at radius 1 is 0.968 bits per heavy atom. The van der Waals surface area contributed by atoms with Crippen LogP contribution < -0.4 is 16.0 Å². The standard InChI is InChI=1S/C22H20N4O5/c1-24-18-17(19(27)25(2)22(24)29)26(13-14-7-5-4-6-8-14)21(23-18)31-16-11-9-15(10-12-16)20(28)30-3/h4-12H,13H2,1-3H3. The monoisotopic (exact) mass is 420 g/mol. The number of nitrogens with zero attached hydrogens (tertiary/aromatic N) is 4. The fourth-order valence-corrected chi connectivity index (χ4v) is 3.30. The Hall–Kier alpha value is -4.14. The lowest BCUT2D eigenvalue weighted by molar-refractivity contribution is 0.0600. The van der Waals surface area contributed by atoms with Crippen LogP contribution in [-0.4, -0.2) is 31.8 Å². The quantitative estimate of drug-likeness (QED) is 0.459. The molecule has 0 saturated carbocycles. The molecule has 9 heteroatoms. The van der Waals surface area contributed by atoms with E-state index in [4.69, 9.17) is 9.47 Å². The van der Waals surface area contributed by atoms with Gasteiger partial charge in [-0.3, -0.25) is 18.5 Å². The second-order valence-corrected chi connectivity index (χ2v) is 6.96. The maximum absolute atomic E-state index is 12.9. The molecule has 0 radical (unpaired) electrons. The van der Waals surface area contributed by atoms with Gasteiger partial charge in [0, 0.05) is 14.1 Å². The van der Waals surface area contributed by atoms with Crippen LogP contribution in [0.2, 0.25) is 0 Å². The van der Waals surface area contributed by atoms with Crippen molar-refractivity contribution in [1.82, 2.24) is 18.7 Å². The van der Waals surface area contributed by atoms with Crippen LogP contribution in [0, 0.1) is 0 Å². The summed E-state index contributed by atoms with van der Waals surface area (Å²) in [6.07, 6.45) is 0. The minimum atomic E-state index is -0.476. The zero-order chi connectivity index (χ0) is 22.1. The van der Waals surface area contributed by atoms with Crippen molar-refractivity contribution in [2.75, 3.05) is 7.11 Å². The normalized spacial score (nSPS) is 10.9. The van der Waals surface area contributed by atoms with Crippen LogP contribution in [-0.2, 0) is 25.4 Å². The second kappa shape index (κ2) is 7.94. The highest BCUT2D eigenvalue weighted by Crippen LogP contribution is 2.25. The lowest BCUT2D eigenvalue weighted by Crippen LogP contribution is -2.37. The zero-order valence-corrected chi connectivity index (χ0v) is 17.2. The van der Waals surface area contributed by atoms with E-state index >= 15 is 0 Å². The number of benzene rings is 2. The van der Waals surface area contributed by atoms with Crippen molar-refractivity contribution in [3.63, 3.8) is 0 Å². The van der Waals surface area contributed by atoms with E-state index in [9.17, 15) is 14.4 Å². The number of imidazole rings is 1. The van der Waals surface area contributed by atoms with Gasteiger partial charge in [-0.05, 0) is 29.8 Å². The highest BCUT2D eigenvalue weighted by molar-refractivity contribution is 5.89. The van der Waals surface area contributed by atoms with Crippen molar-refractivity contribution in [2.24, 2.45) is 14.1 Å². The van der Waals surface area contributed by atoms with E-state index in [2.05, 4.69) is 4.98 Å². The predicted molar refractivity (Wildman–Crippen MR) is 114 cm³/mol. The van der Waals surface area contributed by atoms with E-state index in [1.165, 1.54) is 18.7 Å². The lowest BCUT2D eigenvalue weighted by atomic mass is 10.2. The summed E-state index contributed by atoms with van der Waals surface area (Å²) in [6, 6.07) is 16.1. The molecule has 0 spiro atoms. The number of aromatic nitrogens is 4. The van der Waals surface area contributed by atoms with Gasteiger partial charge in [0.05, 0.1) is 19.2 Å². The number of esters is 1. The Labute approximate surface area is 176 Å². The molecule has 31 heavy (non-hydrogen) atoms. The number of methoxy groups -OCH3 is 1. The Morgan fingerprint density at radius 2 is 1.65 bits per heavy atom. The molecule has 9 nitrogen and oxygen atoms in total. The summed E-state index contributed by atoms with van der Waals surface area (Å²) in [6.45, 7) is 0.320. The maximum Gasteiger partial charge on any atom is 0.337 e. The van der Waals surface area contributed by atoms with Crippen LogP contribution in [0.1, 0.15) is 15.9 Å². The van der Waals surface area contributed by atoms with Crippen LogP contribution in [0.4, 0.5) is 0 Å². The molecule has 0 aliphatic heterocycles. The number of rotatable bonds is 5. The predicted octanol–water partition coefficient (Wildman–Crippen LogP) is 2.06. The molecule has 0 N–H and O–H groups in total. The molecule has 158 valence electrons. The Bertz CT molecular complexity index is 1380. The van der Waals surface area contributed by atoms with Crippen LogP contribution in [0.25, 0.3) is 11.2 Å². The zero-order valence-electron chi connectivity index (χ0n) is 17.2. The summed E-state index contributed by atoms with van der Waals surface area (Å²) in [7, 11) is 4.29. The van der Waals surface area contributed by atoms with Crippen LogP contribution >= 0.6 is 0 Å². The fraction of sp³-hybridized carbons (Fsp3) is 0.182. The molecule has 0 amide bonds. The van der Waals surface area contributed by atoms with Gasteiger partial charge in [-0.25, -0.2) is 9.59 Å². The van der Waals surface area contributed by atoms with Gasteiger partial charge in [-0.1, -0.05) is 30.3 Å². The van der Waals surface area contributed by atoms with Crippen LogP contribution in [0.3, 0.4) is 0 Å². The third kappa shape index (κ3) is 3.61. The summed E-state index contributed by atoms with van der Waals surface area (Å²) in [4.78, 5) is 41.4. The molecule has 0 aliphatic rings. The van der Waals surface area contributed by atoms with Crippen molar-refractivity contribution < 1.29 is 14.3 Å². The van der Waals surface area contributed by atoms with E-state index in [1.807, 2.05) is 30.3 Å². The van der Waals surface area contributed by atoms with Crippen molar-refractivity contribution >= 4 is 17.1 Å². The third-order valence-corrected chi connectivity index (χ3v) is 4.98. The first-order chi connectivity index (χ1) is 14.9. The first kappa shape index (κ1) is 20.1. The van der Waals surface area contributed by atoms with Crippen LogP contribution in [0.5, 0.6) is 11.8 Å². The molecule has 2 heterocycles.